The maximum atomic E-state index is 12.9. The molecular formula is C15H15FN2O4. The second kappa shape index (κ2) is 7.37. The topological polar surface area (TPSA) is 91.4 Å². The molecule has 0 saturated heterocycles. The third-order valence-electron chi connectivity index (χ3n) is 2.80. The fourth-order valence-electron chi connectivity index (χ4n) is 1.71. The summed E-state index contributed by atoms with van der Waals surface area (Å²) in [4.78, 5) is 25.5. The van der Waals surface area contributed by atoms with Crippen molar-refractivity contribution in [2.24, 2.45) is 0 Å². The Morgan fingerprint density at radius 1 is 1.36 bits per heavy atom. The summed E-state index contributed by atoms with van der Waals surface area (Å²) in [6.07, 6.45) is 0.427. The number of ether oxygens (including phenoxy) is 1. The molecule has 0 saturated carbocycles. The zero-order valence-corrected chi connectivity index (χ0v) is 11.6. The summed E-state index contributed by atoms with van der Waals surface area (Å²) >= 11 is 0. The van der Waals surface area contributed by atoms with Gasteiger partial charge >= 0.3 is 0 Å². The predicted octanol–water partition coefficient (Wildman–Crippen LogP) is 0.684. The quantitative estimate of drug-likeness (QED) is 0.732. The lowest BCUT2D eigenvalue weighted by Crippen LogP contribution is -2.37. The highest BCUT2D eigenvalue weighted by Gasteiger charge is 2.12. The lowest BCUT2D eigenvalue weighted by molar-refractivity contribution is 0.0842. The number of aliphatic hydroxyl groups is 1. The van der Waals surface area contributed by atoms with Gasteiger partial charge in [0.25, 0.3) is 11.5 Å². The van der Waals surface area contributed by atoms with E-state index in [1.807, 2.05) is 0 Å². The first kappa shape index (κ1) is 15.7. The Bertz CT molecular complexity index is 702. The molecule has 0 aliphatic heterocycles. The normalized spacial score (nSPS) is 11.7. The van der Waals surface area contributed by atoms with E-state index in [9.17, 15) is 19.1 Å². The van der Waals surface area contributed by atoms with Crippen LogP contribution < -0.4 is 15.6 Å². The zero-order chi connectivity index (χ0) is 15.9. The van der Waals surface area contributed by atoms with E-state index in [-0.39, 0.29) is 24.5 Å². The molecule has 1 amide bonds. The Labute approximate surface area is 125 Å². The number of nitrogens with one attached hydrogen (secondary N) is 2. The van der Waals surface area contributed by atoms with E-state index >= 15 is 0 Å². The van der Waals surface area contributed by atoms with Crippen LogP contribution in [0.25, 0.3) is 0 Å². The molecule has 0 radical (unpaired) electrons. The standard InChI is InChI=1S/C15H15FN2O4/c16-10-3-1-4-12(7-10)22-9-11(19)8-18-15(21)13-5-2-6-17-14(13)20/h1-7,11,19H,8-9H2,(H,17,20)(H,18,21)/t11-/m0/s1. The summed E-state index contributed by atoms with van der Waals surface area (Å²) in [5, 5.41) is 12.1. The van der Waals surface area contributed by atoms with Crippen LogP contribution in [0.4, 0.5) is 4.39 Å². The van der Waals surface area contributed by atoms with Crippen molar-refractivity contribution >= 4 is 5.91 Å². The number of benzene rings is 1. The molecule has 0 bridgehead atoms. The van der Waals surface area contributed by atoms with Gasteiger partial charge in [0.1, 0.15) is 29.8 Å². The van der Waals surface area contributed by atoms with Crippen LogP contribution in [0.5, 0.6) is 5.75 Å². The molecule has 2 rings (SSSR count). The number of aromatic nitrogens is 1. The molecule has 0 aliphatic carbocycles. The van der Waals surface area contributed by atoms with Gasteiger partial charge in [0.05, 0.1) is 0 Å². The number of hydrogen-bond donors (Lipinski definition) is 3. The van der Waals surface area contributed by atoms with Crippen molar-refractivity contribution in [3.63, 3.8) is 0 Å². The monoisotopic (exact) mass is 306 g/mol. The predicted molar refractivity (Wildman–Crippen MR) is 77.3 cm³/mol. The molecule has 0 unspecified atom stereocenters. The highest BCUT2D eigenvalue weighted by Crippen LogP contribution is 2.11. The number of pyridine rings is 1. The van der Waals surface area contributed by atoms with E-state index in [1.165, 1.54) is 36.5 Å². The molecule has 2 aromatic rings. The molecule has 7 heteroatoms. The molecule has 0 aliphatic rings. The van der Waals surface area contributed by atoms with Crippen molar-refractivity contribution in [2.45, 2.75) is 6.10 Å². The number of carbonyl (C=O) groups is 1. The number of amides is 1. The van der Waals surface area contributed by atoms with E-state index in [0.717, 1.165) is 0 Å². The highest BCUT2D eigenvalue weighted by molar-refractivity contribution is 5.93. The van der Waals surface area contributed by atoms with Gasteiger partial charge in [-0.15, -0.1) is 0 Å². The number of hydrogen-bond acceptors (Lipinski definition) is 4. The summed E-state index contributed by atoms with van der Waals surface area (Å²) in [6.45, 7) is -0.211. The maximum Gasteiger partial charge on any atom is 0.260 e. The molecule has 3 N–H and O–H groups in total. The number of halogens is 1. The summed E-state index contributed by atoms with van der Waals surface area (Å²) in [6, 6.07) is 8.41. The average Bonchev–Trinajstić information content (AvgIpc) is 2.51. The fourth-order valence-corrected chi connectivity index (χ4v) is 1.71. The first-order chi connectivity index (χ1) is 10.6. The third kappa shape index (κ3) is 4.42. The van der Waals surface area contributed by atoms with Gasteiger partial charge in [-0.3, -0.25) is 9.59 Å². The molecule has 0 fully saturated rings. The Hall–Kier alpha value is -2.67. The van der Waals surface area contributed by atoms with Gasteiger partial charge < -0.3 is 20.1 Å². The smallest absolute Gasteiger partial charge is 0.260 e. The highest BCUT2D eigenvalue weighted by atomic mass is 19.1. The third-order valence-corrected chi connectivity index (χ3v) is 2.80. The minimum absolute atomic E-state index is 0.0410. The van der Waals surface area contributed by atoms with E-state index in [4.69, 9.17) is 4.74 Å². The van der Waals surface area contributed by atoms with Crippen molar-refractivity contribution in [1.82, 2.24) is 10.3 Å². The summed E-state index contributed by atoms with van der Waals surface area (Å²) in [7, 11) is 0. The first-order valence-corrected chi connectivity index (χ1v) is 6.58. The van der Waals surface area contributed by atoms with Crippen LogP contribution >= 0.6 is 0 Å². The molecule has 1 aromatic heterocycles. The van der Waals surface area contributed by atoms with Gasteiger partial charge in [0.2, 0.25) is 0 Å². The Balaban J connectivity index is 1.80. The van der Waals surface area contributed by atoms with E-state index in [1.54, 1.807) is 6.07 Å². The maximum absolute atomic E-state index is 12.9. The molecule has 116 valence electrons. The van der Waals surface area contributed by atoms with Gasteiger partial charge in [-0.1, -0.05) is 6.07 Å². The van der Waals surface area contributed by atoms with Crippen LogP contribution in [0.2, 0.25) is 0 Å². The van der Waals surface area contributed by atoms with Gasteiger partial charge in [-0.2, -0.15) is 0 Å². The number of rotatable bonds is 6. The van der Waals surface area contributed by atoms with E-state index < -0.39 is 23.4 Å². The van der Waals surface area contributed by atoms with Crippen molar-refractivity contribution < 1.29 is 19.0 Å². The molecule has 6 nitrogen and oxygen atoms in total. The second-order valence-corrected chi connectivity index (χ2v) is 4.55. The molecule has 0 spiro atoms. The Kier molecular flexibility index (Phi) is 5.26. The van der Waals surface area contributed by atoms with Crippen LogP contribution in [-0.4, -0.2) is 35.3 Å². The molecule has 22 heavy (non-hydrogen) atoms. The Morgan fingerprint density at radius 3 is 2.91 bits per heavy atom. The minimum atomic E-state index is -0.991. The SMILES string of the molecule is O=C(NC[C@H](O)COc1cccc(F)c1)c1ccc[nH]c1=O. The number of aliphatic hydroxyl groups excluding tert-OH is 1. The van der Waals surface area contributed by atoms with Gasteiger partial charge in [0.15, 0.2) is 0 Å². The molecule has 1 aromatic carbocycles. The molecule has 1 atom stereocenters. The summed E-state index contributed by atoms with van der Waals surface area (Å²) in [5.41, 5.74) is -0.550. The zero-order valence-electron chi connectivity index (χ0n) is 11.6. The number of H-pyrrole nitrogens is 1. The average molecular weight is 306 g/mol. The van der Waals surface area contributed by atoms with Gasteiger partial charge in [-0.05, 0) is 24.3 Å². The van der Waals surface area contributed by atoms with Crippen LogP contribution in [0.3, 0.4) is 0 Å². The van der Waals surface area contributed by atoms with Crippen LogP contribution in [0, 0.1) is 5.82 Å². The minimum Gasteiger partial charge on any atom is -0.491 e. The lowest BCUT2D eigenvalue weighted by atomic mass is 10.2. The van der Waals surface area contributed by atoms with Gasteiger partial charge in [0, 0.05) is 18.8 Å². The summed E-state index contributed by atoms with van der Waals surface area (Å²) in [5.74, 6) is -0.750. The Morgan fingerprint density at radius 2 is 2.18 bits per heavy atom. The molecule has 1 heterocycles. The first-order valence-electron chi connectivity index (χ1n) is 6.58. The van der Waals surface area contributed by atoms with Crippen molar-refractivity contribution in [2.75, 3.05) is 13.2 Å². The summed E-state index contributed by atoms with van der Waals surface area (Å²) < 4.78 is 18.1. The van der Waals surface area contributed by atoms with Crippen LogP contribution in [-0.2, 0) is 0 Å². The second-order valence-electron chi connectivity index (χ2n) is 4.55. The largest absolute Gasteiger partial charge is 0.491 e. The van der Waals surface area contributed by atoms with Crippen LogP contribution in [0.1, 0.15) is 10.4 Å². The van der Waals surface area contributed by atoms with E-state index in [0.29, 0.717) is 0 Å². The molecular weight excluding hydrogens is 291 g/mol. The van der Waals surface area contributed by atoms with Gasteiger partial charge in [-0.25, -0.2) is 4.39 Å². The van der Waals surface area contributed by atoms with Crippen LogP contribution in [0.15, 0.2) is 47.4 Å². The number of aromatic amines is 1. The van der Waals surface area contributed by atoms with Crippen molar-refractivity contribution in [3.05, 3.63) is 64.3 Å². The van der Waals surface area contributed by atoms with E-state index in [2.05, 4.69) is 10.3 Å². The fraction of sp³-hybridized carbons (Fsp3) is 0.200. The number of carbonyl (C=O) groups excluding carboxylic acids is 1. The van der Waals surface area contributed by atoms with Crippen molar-refractivity contribution in [3.8, 4) is 5.75 Å². The van der Waals surface area contributed by atoms with Crippen molar-refractivity contribution in [1.29, 1.82) is 0 Å². The lowest BCUT2D eigenvalue weighted by Gasteiger charge is -2.13.